The van der Waals surface area contributed by atoms with Crippen molar-refractivity contribution in [3.63, 3.8) is 0 Å². The molecular formula is C16H24N2O3. The van der Waals surface area contributed by atoms with E-state index in [2.05, 4.69) is 5.32 Å². The third-order valence-electron chi connectivity index (χ3n) is 3.89. The molecular weight excluding hydrogens is 268 g/mol. The van der Waals surface area contributed by atoms with Crippen LogP contribution in [0.25, 0.3) is 0 Å². The van der Waals surface area contributed by atoms with Gasteiger partial charge in [0.25, 0.3) is 0 Å². The normalized spacial score (nSPS) is 15.5. The highest BCUT2D eigenvalue weighted by Crippen LogP contribution is 2.25. The van der Waals surface area contributed by atoms with Gasteiger partial charge in [-0.3, -0.25) is 4.79 Å². The fourth-order valence-corrected chi connectivity index (χ4v) is 2.56. The van der Waals surface area contributed by atoms with Crippen LogP contribution in [0.15, 0.2) is 24.3 Å². The zero-order valence-electron chi connectivity index (χ0n) is 12.8. The molecule has 116 valence electrons. The summed E-state index contributed by atoms with van der Waals surface area (Å²) >= 11 is 0. The van der Waals surface area contributed by atoms with Crippen molar-refractivity contribution in [3.8, 4) is 11.5 Å². The van der Waals surface area contributed by atoms with Crippen LogP contribution in [0.2, 0.25) is 0 Å². The van der Waals surface area contributed by atoms with Crippen molar-refractivity contribution in [1.82, 2.24) is 10.2 Å². The Morgan fingerprint density at radius 3 is 2.62 bits per heavy atom. The number of carbonyl (C=O) groups is 1. The molecule has 2 rings (SSSR count). The van der Waals surface area contributed by atoms with Crippen molar-refractivity contribution in [2.45, 2.75) is 25.3 Å². The Labute approximate surface area is 126 Å². The Hall–Kier alpha value is -1.75. The van der Waals surface area contributed by atoms with Crippen molar-refractivity contribution in [3.05, 3.63) is 24.3 Å². The molecule has 0 spiro atoms. The Kier molecular flexibility index (Phi) is 5.87. The van der Waals surface area contributed by atoms with E-state index >= 15 is 0 Å². The number of nitrogens with one attached hydrogen (secondary N) is 1. The van der Waals surface area contributed by atoms with Crippen molar-refractivity contribution in [2.24, 2.45) is 0 Å². The van der Waals surface area contributed by atoms with E-state index in [4.69, 9.17) is 9.47 Å². The molecule has 0 saturated carbocycles. The SMILES string of the molecule is COc1ccccc1OCCC(=O)N(C)C1CCNCC1. The number of methoxy groups -OCH3 is 1. The van der Waals surface area contributed by atoms with Gasteiger partial charge in [0.1, 0.15) is 0 Å². The molecule has 0 radical (unpaired) electrons. The Morgan fingerprint density at radius 2 is 1.95 bits per heavy atom. The van der Waals surface area contributed by atoms with Gasteiger partial charge in [0.2, 0.25) is 5.91 Å². The fraction of sp³-hybridized carbons (Fsp3) is 0.562. The first-order valence-electron chi connectivity index (χ1n) is 7.44. The minimum atomic E-state index is 0.136. The van der Waals surface area contributed by atoms with E-state index in [1.165, 1.54) is 0 Å². The quantitative estimate of drug-likeness (QED) is 0.866. The van der Waals surface area contributed by atoms with E-state index in [-0.39, 0.29) is 5.91 Å². The predicted molar refractivity (Wildman–Crippen MR) is 81.8 cm³/mol. The van der Waals surface area contributed by atoms with Gasteiger partial charge in [-0.25, -0.2) is 0 Å². The molecule has 0 atom stereocenters. The average Bonchev–Trinajstić information content (AvgIpc) is 2.55. The third kappa shape index (κ3) is 4.36. The molecule has 1 N–H and O–H groups in total. The summed E-state index contributed by atoms with van der Waals surface area (Å²) in [5.74, 6) is 1.51. The van der Waals surface area contributed by atoms with Crippen molar-refractivity contribution >= 4 is 5.91 Å². The van der Waals surface area contributed by atoms with Gasteiger partial charge < -0.3 is 19.7 Å². The Bertz CT molecular complexity index is 459. The molecule has 1 aliphatic heterocycles. The summed E-state index contributed by atoms with van der Waals surface area (Å²) < 4.78 is 10.9. The van der Waals surface area contributed by atoms with E-state index in [0.717, 1.165) is 25.9 Å². The van der Waals surface area contributed by atoms with Crippen LogP contribution in [-0.4, -0.2) is 50.7 Å². The maximum absolute atomic E-state index is 12.2. The molecule has 1 aromatic rings. The topological polar surface area (TPSA) is 50.8 Å². The minimum Gasteiger partial charge on any atom is -0.493 e. The highest BCUT2D eigenvalue weighted by atomic mass is 16.5. The molecule has 1 amide bonds. The lowest BCUT2D eigenvalue weighted by Crippen LogP contribution is -2.44. The zero-order valence-corrected chi connectivity index (χ0v) is 12.8. The molecule has 1 fully saturated rings. The lowest BCUT2D eigenvalue weighted by atomic mass is 10.1. The predicted octanol–water partition coefficient (Wildman–Crippen LogP) is 1.67. The maximum Gasteiger partial charge on any atom is 0.225 e. The number of para-hydroxylation sites is 2. The second kappa shape index (κ2) is 7.88. The van der Waals surface area contributed by atoms with Crippen LogP contribution in [0.4, 0.5) is 0 Å². The van der Waals surface area contributed by atoms with Crippen LogP contribution in [0.5, 0.6) is 11.5 Å². The number of nitrogens with zero attached hydrogens (tertiary/aromatic N) is 1. The molecule has 0 aliphatic carbocycles. The summed E-state index contributed by atoms with van der Waals surface area (Å²) in [6.45, 7) is 2.34. The van der Waals surface area contributed by atoms with Crippen LogP contribution in [0, 0.1) is 0 Å². The monoisotopic (exact) mass is 292 g/mol. The van der Waals surface area contributed by atoms with Gasteiger partial charge >= 0.3 is 0 Å². The number of ether oxygens (including phenoxy) is 2. The van der Waals surface area contributed by atoms with Crippen LogP contribution in [0.1, 0.15) is 19.3 Å². The number of benzene rings is 1. The molecule has 1 aromatic carbocycles. The van der Waals surface area contributed by atoms with Crippen LogP contribution >= 0.6 is 0 Å². The van der Waals surface area contributed by atoms with Crippen LogP contribution < -0.4 is 14.8 Å². The number of piperidine rings is 1. The number of hydrogen-bond donors (Lipinski definition) is 1. The van der Waals surface area contributed by atoms with E-state index in [1.54, 1.807) is 7.11 Å². The van der Waals surface area contributed by atoms with Crippen molar-refractivity contribution in [1.29, 1.82) is 0 Å². The first-order valence-corrected chi connectivity index (χ1v) is 7.44. The van der Waals surface area contributed by atoms with Gasteiger partial charge in [-0.1, -0.05) is 12.1 Å². The van der Waals surface area contributed by atoms with Gasteiger partial charge in [0.15, 0.2) is 11.5 Å². The van der Waals surface area contributed by atoms with Gasteiger partial charge in [0.05, 0.1) is 20.1 Å². The first-order chi connectivity index (χ1) is 10.2. The third-order valence-corrected chi connectivity index (χ3v) is 3.89. The van der Waals surface area contributed by atoms with E-state index in [9.17, 15) is 4.79 Å². The van der Waals surface area contributed by atoms with Gasteiger partial charge in [-0.05, 0) is 38.1 Å². The fourth-order valence-electron chi connectivity index (χ4n) is 2.56. The van der Waals surface area contributed by atoms with Crippen molar-refractivity contribution in [2.75, 3.05) is 33.9 Å². The Morgan fingerprint density at radius 1 is 1.29 bits per heavy atom. The molecule has 0 bridgehead atoms. The summed E-state index contributed by atoms with van der Waals surface area (Å²) in [5.41, 5.74) is 0. The lowest BCUT2D eigenvalue weighted by molar-refractivity contribution is -0.132. The standard InChI is InChI=1S/C16H24N2O3/c1-18(13-7-10-17-11-8-13)16(19)9-12-21-15-6-4-3-5-14(15)20-2/h3-6,13,17H,7-12H2,1-2H3. The summed E-state index contributed by atoms with van der Waals surface area (Å²) in [5, 5.41) is 3.31. The number of hydrogen-bond acceptors (Lipinski definition) is 4. The van der Waals surface area contributed by atoms with E-state index in [1.807, 2.05) is 36.2 Å². The number of rotatable bonds is 6. The molecule has 1 saturated heterocycles. The summed E-state index contributed by atoms with van der Waals surface area (Å²) in [6.07, 6.45) is 2.43. The minimum absolute atomic E-state index is 0.136. The average molecular weight is 292 g/mol. The molecule has 21 heavy (non-hydrogen) atoms. The second-order valence-electron chi connectivity index (χ2n) is 5.24. The molecule has 0 aromatic heterocycles. The van der Waals surface area contributed by atoms with Crippen LogP contribution in [-0.2, 0) is 4.79 Å². The summed E-state index contributed by atoms with van der Waals surface area (Å²) in [7, 11) is 3.50. The second-order valence-corrected chi connectivity index (χ2v) is 5.24. The largest absolute Gasteiger partial charge is 0.493 e. The first kappa shape index (κ1) is 15.6. The van der Waals surface area contributed by atoms with Crippen molar-refractivity contribution < 1.29 is 14.3 Å². The highest BCUT2D eigenvalue weighted by molar-refractivity contribution is 5.76. The molecule has 0 unspecified atom stereocenters. The molecule has 1 heterocycles. The van der Waals surface area contributed by atoms with Gasteiger partial charge in [0, 0.05) is 13.1 Å². The Balaban J connectivity index is 1.78. The van der Waals surface area contributed by atoms with E-state index < -0.39 is 0 Å². The lowest BCUT2D eigenvalue weighted by Gasteiger charge is -2.31. The zero-order chi connectivity index (χ0) is 15.1. The number of carbonyl (C=O) groups excluding carboxylic acids is 1. The molecule has 5 heteroatoms. The maximum atomic E-state index is 12.2. The van der Waals surface area contributed by atoms with Gasteiger partial charge in [-0.15, -0.1) is 0 Å². The highest BCUT2D eigenvalue weighted by Gasteiger charge is 2.21. The van der Waals surface area contributed by atoms with E-state index in [0.29, 0.717) is 30.6 Å². The smallest absolute Gasteiger partial charge is 0.225 e. The van der Waals surface area contributed by atoms with Gasteiger partial charge in [-0.2, -0.15) is 0 Å². The number of amides is 1. The molecule has 1 aliphatic rings. The van der Waals surface area contributed by atoms with Crippen LogP contribution in [0.3, 0.4) is 0 Å². The molecule has 5 nitrogen and oxygen atoms in total. The summed E-state index contributed by atoms with van der Waals surface area (Å²) in [6, 6.07) is 7.82. The summed E-state index contributed by atoms with van der Waals surface area (Å²) in [4.78, 5) is 14.0.